The Morgan fingerprint density at radius 3 is 1.94 bits per heavy atom. The number of piperazine rings is 1. The molecule has 0 bridgehead atoms. The van der Waals surface area contributed by atoms with E-state index in [2.05, 4.69) is 15.1 Å². The van der Waals surface area contributed by atoms with E-state index in [1.165, 1.54) is 29.5 Å². The van der Waals surface area contributed by atoms with Gasteiger partial charge in [0.1, 0.15) is 0 Å². The number of rotatable bonds is 5. The first kappa shape index (κ1) is 22.4. The maximum Gasteiger partial charge on any atom is 0.341 e. The van der Waals surface area contributed by atoms with Crippen LogP contribution in [0.1, 0.15) is 29.6 Å². The van der Waals surface area contributed by atoms with Crippen LogP contribution in [0, 0.1) is 0 Å². The van der Waals surface area contributed by atoms with Crippen molar-refractivity contribution in [2.45, 2.75) is 29.9 Å². The molecule has 0 radical (unpaired) electrons. The second kappa shape index (κ2) is 9.35. The lowest BCUT2D eigenvalue weighted by atomic mass is 10.1. The molecule has 8 nitrogen and oxygen atoms in total. The smallest absolute Gasteiger partial charge is 0.341 e. The molecule has 1 aromatic heterocycles. The van der Waals surface area contributed by atoms with Crippen LogP contribution >= 0.6 is 0 Å². The summed E-state index contributed by atoms with van der Waals surface area (Å²) in [7, 11) is -4.87. The average molecular weight is 466 g/mol. The third kappa shape index (κ3) is 4.52. The minimum Gasteiger partial charge on any atom is -0.355 e. The molecule has 2 saturated heterocycles. The van der Waals surface area contributed by atoms with E-state index in [1.807, 2.05) is 17.0 Å². The second-order valence-corrected chi connectivity index (χ2v) is 9.76. The predicted molar refractivity (Wildman–Crippen MR) is 116 cm³/mol. The van der Waals surface area contributed by atoms with Crippen LogP contribution in [0.3, 0.4) is 0 Å². The van der Waals surface area contributed by atoms with Crippen LogP contribution in [0.25, 0.3) is 0 Å². The van der Waals surface area contributed by atoms with Crippen molar-refractivity contribution in [3.8, 4) is 0 Å². The maximum absolute atomic E-state index is 13.0. The maximum atomic E-state index is 13.0. The number of amides is 1. The lowest BCUT2D eigenvalue weighted by Gasteiger charge is -2.35. The van der Waals surface area contributed by atoms with Gasteiger partial charge in [-0.05, 0) is 43.5 Å². The number of sulfone groups is 1. The number of piperidine rings is 1. The van der Waals surface area contributed by atoms with Crippen LogP contribution in [0.2, 0.25) is 0 Å². The van der Waals surface area contributed by atoms with Gasteiger partial charge < -0.3 is 14.7 Å². The van der Waals surface area contributed by atoms with Gasteiger partial charge in [0.15, 0.2) is 11.6 Å². The molecule has 0 N–H and O–H groups in total. The first-order valence-electron chi connectivity index (χ1n) is 10.6. The number of halogens is 2. The lowest BCUT2D eigenvalue weighted by Crippen LogP contribution is -2.49. The van der Waals surface area contributed by atoms with E-state index in [1.54, 1.807) is 0 Å². The largest absolute Gasteiger partial charge is 0.355 e. The molecule has 172 valence electrons. The number of carbonyl (C=O) groups excluding carboxylic acids is 1. The summed E-state index contributed by atoms with van der Waals surface area (Å²) in [4.78, 5) is 18.0. The van der Waals surface area contributed by atoms with E-state index in [0.29, 0.717) is 32.0 Å². The van der Waals surface area contributed by atoms with E-state index < -0.39 is 26.4 Å². The van der Waals surface area contributed by atoms with Gasteiger partial charge in [0.2, 0.25) is 9.84 Å². The molecule has 0 unspecified atom stereocenters. The molecule has 3 heterocycles. The third-order valence-electron chi connectivity index (χ3n) is 5.87. The highest BCUT2D eigenvalue weighted by molar-refractivity contribution is 7.91. The first-order valence-corrected chi connectivity index (χ1v) is 12.2. The fourth-order valence-electron chi connectivity index (χ4n) is 4.07. The van der Waals surface area contributed by atoms with Gasteiger partial charge in [-0.2, -0.15) is 8.78 Å². The minimum atomic E-state index is -4.87. The van der Waals surface area contributed by atoms with Crippen LogP contribution in [0.4, 0.5) is 20.4 Å². The number of anilines is 2. The van der Waals surface area contributed by atoms with E-state index in [4.69, 9.17) is 0 Å². The van der Waals surface area contributed by atoms with Crippen molar-refractivity contribution < 1.29 is 22.0 Å². The Balaban J connectivity index is 1.42. The molecular formula is C21H25F2N5O3S. The predicted octanol–water partition coefficient (Wildman–Crippen LogP) is 2.43. The van der Waals surface area contributed by atoms with Crippen molar-refractivity contribution in [3.63, 3.8) is 0 Å². The van der Waals surface area contributed by atoms with Gasteiger partial charge >= 0.3 is 5.76 Å². The molecule has 2 aliphatic heterocycles. The highest BCUT2D eigenvalue weighted by atomic mass is 32.2. The molecule has 0 saturated carbocycles. The highest BCUT2D eigenvalue weighted by Gasteiger charge is 2.33. The Labute approximate surface area is 185 Å². The molecule has 11 heteroatoms. The quantitative estimate of drug-likeness (QED) is 0.670. The molecule has 2 aliphatic rings. The monoisotopic (exact) mass is 465 g/mol. The highest BCUT2D eigenvalue weighted by Crippen LogP contribution is 2.25. The molecular weight excluding hydrogens is 440 g/mol. The Bertz CT molecular complexity index is 1050. The molecule has 1 amide bonds. The zero-order valence-corrected chi connectivity index (χ0v) is 18.3. The van der Waals surface area contributed by atoms with Crippen LogP contribution in [-0.2, 0) is 9.84 Å². The Morgan fingerprint density at radius 1 is 0.812 bits per heavy atom. The zero-order chi connectivity index (χ0) is 22.7. The molecule has 0 atom stereocenters. The summed E-state index contributed by atoms with van der Waals surface area (Å²) >= 11 is 0. The molecule has 2 aromatic rings. The number of aromatic nitrogens is 2. The Kier molecular flexibility index (Phi) is 6.54. The first-order chi connectivity index (χ1) is 15.4. The Morgan fingerprint density at radius 2 is 1.38 bits per heavy atom. The number of hydrogen-bond donors (Lipinski definition) is 0. The van der Waals surface area contributed by atoms with Crippen molar-refractivity contribution in [2.24, 2.45) is 0 Å². The van der Waals surface area contributed by atoms with Crippen LogP contribution in [0.5, 0.6) is 0 Å². The SMILES string of the molecule is O=C(c1ccccc1S(=O)(=O)C(F)F)N1CCN(c2ccc(N3CCCCC3)nn2)CC1. The number of nitrogens with zero attached hydrogens (tertiary/aromatic N) is 5. The summed E-state index contributed by atoms with van der Waals surface area (Å²) in [6.07, 6.45) is 3.55. The van der Waals surface area contributed by atoms with Crippen molar-refractivity contribution in [2.75, 3.05) is 49.1 Å². The third-order valence-corrected chi connectivity index (χ3v) is 7.30. The molecule has 32 heavy (non-hydrogen) atoms. The van der Waals surface area contributed by atoms with Crippen molar-refractivity contribution in [1.29, 1.82) is 0 Å². The molecule has 0 aliphatic carbocycles. The summed E-state index contributed by atoms with van der Waals surface area (Å²) in [5.74, 6) is -2.59. The summed E-state index contributed by atoms with van der Waals surface area (Å²) < 4.78 is 50.0. The fourth-order valence-corrected chi connectivity index (χ4v) is 5.00. The van der Waals surface area contributed by atoms with Gasteiger partial charge in [0, 0.05) is 39.3 Å². The zero-order valence-electron chi connectivity index (χ0n) is 17.5. The normalized spacial score (nSPS) is 17.7. The van der Waals surface area contributed by atoms with E-state index in [-0.39, 0.29) is 5.56 Å². The Hall–Kier alpha value is -2.82. The van der Waals surface area contributed by atoms with Crippen molar-refractivity contribution >= 4 is 27.4 Å². The molecule has 2 fully saturated rings. The van der Waals surface area contributed by atoms with Gasteiger partial charge in [0.25, 0.3) is 5.91 Å². The summed E-state index contributed by atoms with van der Waals surface area (Å²) in [6.45, 7) is 3.56. The minimum absolute atomic E-state index is 0.230. The number of benzene rings is 1. The number of alkyl halides is 2. The van der Waals surface area contributed by atoms with Crippen LogP contribution in [0.15, 0.2) is 41.3 Å². The second-order valence-electron chi connectivity index (χ2n) is 7.88. The van der Waals surface area contributed by atoms with Crippen molar-refractivity contribution in [3.05, 3.63) is 42.0 Å². The van der Waals surface area contributed by atoms with Gasteiger partial charge in [-0.15, -0.1) is 10.2 Å². The van der Waals surface area contributed by atoms with E-state index in [9.17, 15) is 22.0 Å². The summed E-state index contributed by atoms with van der Waals surface area (Å²) in [5.41, 5.74) is -0.230. The summed E-state index contributed by atoms with van der Waals surface area (Å²) in [6, 6.07) is 8.98. The van der Waals surface area contributed by atoms with Gasteiger partial charge in [-0.1, -0.05) is 12.1 Å². The lowest BCUT2D eigenvalue weighted by molar-refractivity contribution is 0.0742. The molecule has 1 aromatic carbocycles. The van der Waals surface area contributed by atoms with Crippen LogP contribution in [-0.4, -0.2) is 74.4 Å². The average Bonchev–Trinajstić information content (AvgIpc) is 2.84. The topological polar surface area (TPSA) is 86.7 Å². The van der Waals surface area contributed by atoms with Gasteiger partial charge in [-0.3, -0.25) is 4.79 Å². The fraction of sp³-hybridized carbons (Fsp3) is 0.476. The van der Waals surface area contributed by atoms with Crippen LogP contribution < -0.4 is 9.80 Å². The molecule has 0 spiro atoms. The number of hydrogen-bond acceptors (Lipinski definition) is 7. The standard InChI is InChI=1S/C21H25F2N5O3S/c22-21(23)32(30,31)17-7-3-2-6-16(17)20(29)28-14-12-27(13-15-28)19-9-8-18(24-25-19)26-10-4-1-5-11-26/h2-3,6-9,21H,1,4-5,10-15H2. The summed E-state index contributed by atoms with van der Waals surface area (Å²) in [5, 5.41) is 8.69. The number of carbonyl (C=O) groups is 1. The van der Waals surface area contributed by atoms with E-state index in [0.717, 1.165) is 37.8 Å². The van der Waals surface area contributed by atoms with Gasteiger partial charge in [-0.25, -0.2) is 8.42 Å². The van der Waals surface area contributed by atoms with Crippen molar-refractivity contribution in [1.82, 2.24) is 15.1 Å². The van der Waals surface area contributed by atoms with Gasteiger partial charge in [0.05, 0.1) is 10.5 Å². The molecule has 4 rings (SSSR count). The van der Waals surface area contributed by atoms with E-state index >= 15 is 0 Å².